The molecule has 0 radical (unpaired) electrons. The maximum Gasteiger partial charge on any atom is 0.220 e. The van der Waals surface area contributed by atoms with Gasteiger partial charge in [0, 0.05) is 11.3 Å². The number of hydrogen-bond donors (Lipinski definition) is 1. The molecule has 2 aromatic heterocycles. The minimum Gasteiger partial charge on any atom is -0.346 e. The normalized spacial score (nSPS) is 16.1. The summed E-state index contributed by atoms with van der Waals surface area (Å²) in [7, 11) is 0. The molecule has 1 N–H and O–H groups in total. The van der Waals surface area contributed by atoms with Crippen LogP contribution in [0.2, 0.25) is 0 Å². The summed E-state index contributed by atoms with van der Waals surface area (Å²) in [6.07, 6.45) is 3.52. The van der Waals surface area contributed by atoms with Crippen LogP contribution >= 0.6 is 11.3 Å². The molecule has 6 nitrogen and oxygen atoms in total. The average Bonchev–Trinajstić information content (AvgIpc) is 2.95. The van der Waals surface area contributed by atoms with Crippen LogP contribution in [0.15, 0.2) is 17.5 Å². The Hall–Kier alpha value is -1.76. The summed E-state index contributed by atoms with van der Waals surface area (Å²) in [6.45, 7) is 1.92. The standard InChI is InChI=1S/C13H17N5OS/c1-9(13-15-16-17-18(13)10-4-5-10)14-12(19)7-6-11-3-2-8-20-11/h2-3,8-10H,4-7H2,1H3,(H,14,19)/t9-/m1/s1. The van der Waals surface area contributed by atoms with E-state index in [1.54, 1.807) is 11.3 Å². The molecule has 1 saturated carbocycles. The maximum atomic E-state index is 12.0. The molecular formula is C13H17N5OS. The van der Waals surface area contributed by atoms with E-state index in [9.17, 15) is 4.79 Å². The molecule has 2 aromatic rings. The van der Waals surface area contributed by atoms with E-state index in [2.05, 4.69) is 26.9 Å². The van der Waals surface area contributed by atoms with E-state index in [1.807, 2.05) is 23.1 Å². The molecule has 1 aliphatic carbocycles. The first-order valence-electron chi connectivity index (χ1n) is 6.83. The molecule has 0 bridgehead atoms. The van der Waals surface area contributed by atoms with E-state index < -0.39 is 0 Å². The number of carbonyl (C=O) groups is 1. The summed E-state index contributed by atoms with van der Waals surface area (Å²) < 4.78 is 1.84. The lowest BCUT2D eigenvalue weighted by Gasteiger charge is -2.13. The lowest BCUT2D eigenvalue weighted by molar-refractivity contribution is -0.121. The Labute approximate surface area is 121 Å². The highest BCUT2D eigenvalue weighted by Crippen LogP contribution is 2.35. The van der Waals surface area contributed by atoms with Crippen molar-refractivity contribution in [1.29, 1.82) is 0 Å². The van der Waals surface area contributed by atoms with E-state index in [1.165, 1.54) is 4.88 Å². The predicted molar refractivity (Wildman–Crippen MR) is 75.3 cm³/mol. The topological polar surface area (TPSA) is 72.7 Å². The summed E-state index contributed by atoms with van der Waals surface area (Å²) in [6, 6.07) is 4.33. The second-order valence-corrected chi connectivity index (χ2v) is 6.11. The Morgan fingerprint density at radius 2 is 2.45 bits per heavy atom. The van der Waals surface area contributed by atoms with Gasteiger partial charge < -0.3 is 5.32 Å². The molecule has 1 atom stereocenters. The summed E-state index contributed by atoms with van der Waals surface area (Å²) in [5.41, 5.74) is 0. The third kappa shape index (κ3) is 3.04. The van der Waals surface area contributed by atoms with Gasteiger partial charge in [0.05, 0.1) is 12.1 Å². The quantitative estimate of drug-likeness (QED) is 0.882. The van der Waals surface area contributed by atoms with Gasteiger partial charge >= 0.3 is 0 Å². The molecule has 0 unspecified atom stereocenters. The van der Waals surface area contributed by atoms with Crippen LogP contribution < -0.4 is 5.32 Å². The smallest absolute Gasteiger partial charge is 0.220 e. The number of rotatable bonds is 6. The third-order valence-corrected chi connectivity index (χ3v) is 4.29. The van der Waals surface area contributed by atoms with Gasteiger partial charge in [-0.25, -0.2) is 4.68 Å². The lowest BCUT2D eigenvalue weighted by atomic mass is 10.2. The Bertz CT molecular complexity index is 575. The number of nitrogens with one attached hydrogen (secondary N) is 1. The molecule has 1 aliphatic rings. The fourth-order valence-electron chi connectivity index (χ4n) is 2.13. The van der Waals surface area contributed by atoms with Crippen molar-refractivity contribution in [2.24, 2.45) is 0 Å². The molecule has 0 saturated heterocycles. The number of carbonyl (C=O) groups excluding carboxylic acids is 1. The lowest BCUT2D eigenvalue weighted by Crippen LogP contribution is -2.29. The Morgan fingerprint density at radius 3 is 3.15 bits per heavy atom. The molecule has 0 spiro atoms. The molecule has 20 heavy (non-hydrogen) atoms. The van der Waals surface area contributed by atoms with E-state index in [0.717, 1.165) is 25.1 Å². The van der Waals surface area contributed by atoms with Gasteiger partial charge in [-0.15, -0.1) is 16.4 Å². The van der Waals surface area contributed by atoms with Crippen LogP contribution in [0.25, 0.3) is 0 Å². The zero-order valence-corrected chi connectivity index (χ0v) is 12.1. The summed E-state index contributed by atoms with van der Waals surface area (Å²) >= 11 is 1.68. The number of nitrogens with zero attached hydrogens (tertiary/aromatic N) is 4. The summed E-state index contributed by atoms with van der Waals surface area (Å²) in [4.78, 5) is 13.2. The van der Waals surface area contributed by atoms with Crippen LogP contribution in [0.1, 0.15) is 49.0 Å². The number of hydrogen-bond acceptors (Lipinski definition) is 5. The zero-order chi connectivity index (χ0) is 13.9. The van der Waals surface area contributed by atoms with E-state index in [0.29, 0.717) is 12.5 Å². The van der Waals surface area contributed by atoms with Crippen molar-refractivity contribution >= 4 is 17.2 Å². The van der Waals surface area contributed by atoms with Crippen LogP contribution in [0, 0.1) is 0 Å². The highest BCUT2D eigenvalue weighted by molar-refractivity contribution is 7.09. The highest BCUT2D eigenvalue weighted by atomic mass is 32.1. The van der Waals surface area contributed by atoms with E-state index in [-0.39, 0.29) is 11.9 Å². The molecule has 0 aromatic carbocycles. The van der Waals surface area contributed by atoms with Gasteiger partial charge in [-0.2, -0.15) is 0 Å². The van der Waals surface area contributed by atoms with Crippen molar-refractivity contribution in [2.45, 2.75) is 44.7 Å². The van der Waals surface area contributed by atoms with Gasteiger partial charge in [-0.3, -0.25) is 4.79 Å². The van der Waals surface area contributed by atoms with Crippen molar-refractivity contribution in [3.05, 3.63) is 28.2 Å². The van der Waals surface area contributed by atoms with Crippen molar-refractivity contribution < 1.29 is 4.79 Å². The predicted octanol–water partition coefficient (Wildman–Crippen LogP) is 1.88. The van der Waals surface area contributed by atoms with Crippen LogP contribution in [0.3, 0.4) is 0 Å². The van der Waals surface area contributed by atoms with Gasteiger partial charge in [-0.05, 0) is 48.1 Å². The van der Waals surface area contributed by atoms with Crippen LogP contribution in [0.5, 0.6) is 0 Å². The van der Waals surface area contributed by atoms with E-state index >= 15 is 0 Å². The molecule has 7 heteroatoms. The van der Waals surface area contributed by atoms with Crippen molar-refractivity contribution in [2.75, 3.05) is 0 Å². The van der Waals surface area contributed by atoms with Crippen molar-refractivity contribution in [1.82, 2.24) is 25.5 Å². The van der Waals surface area contributed by atoms with Gasteiger partial charge in [0.1, 0.15) is 0 Å². The first kappa shape index (κ1) is 13.2. The number of aromatic nitrogens is 4. The number of thiophene rings is 1. The van der Waals surface area contributed by atoms with Gasteiger partial charge in [0.15, 0.2) is 5.82 Å². The van der Waals surface area contributed by atoms with Crippen LogP contribution in [-0.4, -0.2) is 26.1 Å². The first-order valence-corrected chi connectivity index (χ1v) is 7.71. The highest BCUT2D eigenvalue weighted by Gasteiger charge is 2.29. The molecule has 1 fully saturated rings. The Morgan fingerprint density at radius 1 is 1.60 bits per heavy atom. The number of aryl methyl sites for hydroxylation is 1. The van der Waals surface area contributed by atoms with Crippen LogP contribution in [-0.2, 0) is 11.2 Å². The SMILES string of the molecule is C[C@@H](NC(=O)CCc1cccs1)c1nnnn1C1CC1. The summed E-state index contributed by atoms with van der Waals surface area (Å²) in [5.74, 6) is 0.785. The maximum absolute atomic E-state index is 12.0. The monoisotopic (exact) mass is 291 g/mol. The molecule has 3 rings (SSSR count). The number of tetrazole rings is 1. The average molecular weight is 291 g/mol. The fourth-order valence-corrected chi connectivity index (χ4v) is 2.84. The second kappa shape index (κ2) is 5.70. The fraction of sp³-hybridized carbons (Fsp3) is 0.538. The van der Waals surface area contributed by atoms with Gasteiger partial charge in [0.2, 0.25) is 5.91 Å². The largest absolute Gasteiger partial charge is 0.346 e. The first-order chi connectivity index (χ1) is 9.74. The molecule has 1 amide bonds. The van der Waals surface area contributed by atoms with Gasteiger partial charge in [-0.1, -0.05) is 6.07 Å². The van der Waals surface area contributed by atoms with Crippen molar-refractivity contribution in [3.63, 3.8) is 0 Å². The third-order valence-electron chi connectivity index (χ3n) is 3.35. The van der Waals surface area contributed by atoms with E-state index in [4.69, 9.17) is 0 Å². The minimum absolute atomic E-state index is 0.0382. The Kier molecular flexibility index (Phi) is 3.77. The van der Waals surface area contributed by atoms with Crippen molar-refractivity contribution in [3.8, 4) is 0 Å². The summed E-state index contributed by atoms with van der Waals surface area (Å²) in [5, 5.41) is 16.7. The molecule has 2 heterocycles. The van der Waals surface area contributed by atoms with Gasteiger partial charge in [0.25, 0.3) is 0 Å². The molecular weight excluding hydrogens is 274 g/mol. The van der Waals surface area contributed by atoms with Crippen LogP contribution in [0.4, 0.5) is 0 Å². The molecule has 0 aliphatic heterocycles. The minimum atomic E-state index is -0.151. The second-order valence-electron chi connectivity index (χ2n) is 5.08. The zero-order valence-electron chi connectivity index (χ0n) is 11.3. The Balaban J connectivity index is 1.53. The molecule has 106 valence electrons. The number of amides is 1.